The van der Waals surface area contributed by atoms with Crippen LogP contribution in [-0.4, -0.2) is 69.4 Å². The highest BCUT2D eigenvalue weighted by Gasteiger charge is 2.38. The maximum Gasteiger partial charge on any atom is 0.326 e. The fourth-order valence-electron chi connectivity index (χ4n) is 5.09. The molecule has 0 spiro atoms. The van der Waals surface area contributed by atoms with Crippen LogP contribution in [0.4, 0.5) is 0 Å². The molecular formula is C28H41N5O5. The number of amides is 3. The van der Waals surface area contributed by atoms with Gasteiger partial charge in [0.05, 0.1) is 6.04 Å². The molecule has 208 valence electrons. The Balaban J connectivity index is 1.71. The summed E-state index contributed by atoms with van der Waals surface area (Å²) in [5, 5.41) is 16.2. The van der Waals surface area contributed by atoms with Crippen LogP contribution >= 0.6 is 0 Å². The number of carboxylic acids is 1. The van der Waals surface area contributed by atoms with E-state index in [0.29, 0.717) is 32.2 Å². The Morgan fingerprint density at radius 1 is 1.05 bits per heavy atom. The van der Waals surface area contributed by atoms with E-state index in [-0.39, 0.29) is 24.2 Å². The molecule has 10 heteroatoms. The number of nitrogens with zero attached hydrogens (tertiary/aromatic N) is 1. The van der Waals surface area contributed by atoms with Crippen LogP contribution in [0.15, 0.2) is 30.5 Å². The first-order chi connectivity index (χ1) is 18.0. The summed E-state index contributed by atoms with van der Waals surface area (Å²) in [4.78, 5) is 56.2. The molecule has 0 saturated carbocycles. The number of aromatic amines is 1. The van der Waals surface area contributed by atoms with Crippen LogP contribution in [0.1, 0.15) is 58.9 Å². The number of H-pyrrole nitrogens is 1. The predicted octanol–water partition coefficient (Wildman–Crippen LogP) is 2.18. The number of para-hydroxylation sites is 1. The molecule has 4 unspecified atom stereocenters. The number of hydrogen-bond donors (Lipinski definition) is 5. The lowest BCUT2D eigenvalue weighted by molar-refractivity contribution is -0.143. The van der Waals surface area contributed by atoms with Gasteiger partial charge in [-0.1, -0.05) is 45.9 Å². The number of carbonyl (C=O) groups is 4. The molecule has 2 heterocycles. The number of rotatable bonds is 12. The van der Waals surface area contributed by atoms with E-state index in [9.17, 15) is 24.3 Å². The Kier molecular flexibility index (Phi) is 9.90. The van der Waals surface area contributed by atoms with Gasteiger partial charge in [-0.2, -0.15) is 0 Å². The molecular weight excluding hydrogens is 486 g/mol. The van der Waals surface area contributed by atoms with Crippen molar-refractivity contribution in [1.29, 1.82) is 0 Å². The van der Waals surface area contributed by atoms with E-state index in [4.69, 9.17) is 5.73 Å². The third-order valence-corrected chi connectivity index (χ3v) is 6.93. The smallest absolute Gasteiger partial charge is 0.326 e. The third kappa shape index (κ3) is 7.34. The zero-order valence-corrected chi connectivity index (χ0v) is 22.7. The lowest BCUT2D eigenvalue weighted by atomic mass is 10.0. The van der Waals surface area contributed by atoms with Crippen molar-refractivity contribution in [3.8, 4) is 0 Å². The molecule has 2 aromatic rings. The van der Waals surface area contributed by atoms with Crippen molar-refractivity contribution >= 4 is 34.6 Å². The second kappa shape index (κ2) is 12.9. The molecule has 4 atom stereocenters. The molecule has 3 amide bonds. The maximum absolute atomic E-state index is 13.3. The van der Waals surface area contributed by atoms with Gasteiger partial charge in [0.2, 0.25) is 17.7 Å². The number of carbonyl (C=O) groups excluding carboxylic acids is 3. The Labute approximate surface area is 223 Å². The summed E-state index contributed by atoms with van der Waals surface area (Å²) in [5.41, 5.74) is 7.76. The molecule has 1 saturated heterocycles. The van der Waals surface area contributed by atoms with Crippen LogP contribution in [0.25, 0.3) is 10.9 Å². The van der Waals surface area contributed by atoms with E-state index in [1.54, 1.807) is 6.20 Å². The number of nitrogens with one attached hydrogen (secondary N) is 3. The van der Waals surface area contributed by atoms with E-state index < -0.39 is 42.0 Å². The Hall–Kier alpha value is -3.40. The summed E-state index contributed by atoms with van der Waals surface area (Å²) in [6.45, 7) is 8.25. The van der Waals surface area contributed by atoms with Crippen molar-refractivity contribution in [2.75, 3.05) is 6.54 Å². The Morgan fingerprint density at radius 3 is 2.39 bits per heavy atom. The summed E-state index contributed by atoms with van der Waals surface area (Å²) in [6, 6.07) is 4.05. The van der Waals surface area contributed by atoms with Crippen LogP contribution in [0.3, 0.4) is 0 Å². The molecule has 3 rings (SSSR count). The van der Waals surface area contributed by atoms with Crippen LogP contribution in [0, 0.1) is 11.8 Å². The van der Waals surface area contributed by atoms with Gasteiger partial charge in [-0.3, -0.25) is 14.4 Å². The number of aromatic nitrogens is 1. The maximum atomic E-state index is 13.3. The van der Waals surface area contributed by atoms with Gasteiger partial charge in [0.15, 0.2) is 0 Å². The average molecular weight is 528 g/mol. The number of fused-ring (bicyclic) bond motifs is 1. The molecule has 1 fully saturated rings. The van der Waals surface area contributed by atoms with Gasteiger partial charge in [0.25, 0.3) is 0 Å². The normalized spacial score (nSPS) is 18.0. The second-order valence-electron chi connectivity index (χ2n) is 11.1. The molecule has 0 radical (unpaired) electrons. The highest BCUT2D eigenvalue weighted by molar-refractivity contribution is 5.94. The third-order valence-electron chi connectivity index (χ3n) is 6.93. The van der Waals surface area contributed by atoms with Crippen LogP contribution in [0.2, 0.25) is 0 Å². The fraction of sp³-hybridized carbons (Fsp3) is 0.571. The minimum atomic E-state index is -1.17. The highest BCUT2D eigenvalue weighted by Crippen LogP contribution is 2.21. The molecule has 38 heavy (non-hydrogen) atoms. The van der Waals surface area contributed by atoms with Crippen molar-refractivity contribution in [2.24, 2.45) is 17.6 Å². The topological polar surface area (TPSA) is 158 Å². The standard InChI is InChI=1S/C28H41N5O5/c1-16(2)12-20(29)27(36)33-11-7-10-24(33)26(35)31-22(13-17(3)4)25(34)32-23(28(37)38)14-18-15-30-21-9-6-5-8-19(18)21/h5-6,8-9,15-17,20,22-24,30H,7,10-14,29H2,1-4H3,(H,31,35)(H,32,34)(H,37,38). The molecule has 1 aliphatic heterocycles. The van der Waals surface area contributed by atoms with Crippen LogP contribution in [-0.2, 0) is 25.6 Å². The molecule has 1 aromatic carbocycles. The van der Waals surface area contributed by atoms with Gasteiger partial charge in [-0.05, 0) is 49.1 Å². The lowest BCUT2D eigenvalue weighted by Gasteiger charge is -2.29. The van der Waals surface area contributed by atoms with Crippen molar-refractivity contribution in [1.82, 2.24) is 20.5 Å². The Morgan fingerprint density at radius 2 is 1.74 bits per heavy atom. The van der Waals surface area contributed by atoms with Gasteiger partial charge in [-0.15, -0.1) is 0 Å². The number of hydrogen-bond acceptors (Lipinski definition) is 5. The number of aliphatic carboxylic acids is 1. The lowest BCUT2D eigenvalue weighted by Crippen LogP contribution is -2.57. The van der Waals surface area contributed by atoms with Crippen molar-refractivity contribution in [3.63, 3.8) is 0 Å². The van der Waals surface area contributed by atoms with E-state index >= 15 is 0 Å². The zero-order valence-electron chi connectivity index (χ0n) is 22.7. The van der Waals surface area contributed by atoms with Gasteiger partial charge in [-0.25, -0.2) is 4.79 Å². The minimum Gasteiger partial charge on any atom is -0.480 e. The summed E-state index contributed by atoms with van der Waals surface area (Å²) in [5.74, 6) is -2.10. The largest absolute Gasteiger partial charge is 0.480 e. The highest BCUT2D eigenvalue weighted by atomic mass is 16.4. The first kappa shape index (κ1) is 29.2. The summed E-state index contributed by atoms with van der Waals surface area (Å²) in [7, 11) is 0. The van der Waals surface area contributed by atoms with Crippen LogP contribution in [0.5, 0.6) is 0 Å². The minimum absolute atomic E-state index is 0.0590. The molecule has 6 N–H and O–H groups in total. The summed E-state index contributed by atoms with van der Waals surface area (Å²) < 4.78 is 0. The van der Waals surface area contributed by atoms with Crippen LogP contribution < -0.4 is 16.4 Å². The van der Waals surface area contributed by atoms with Gasteiger partial charge >= 0.3 is 5.97 Å². The predicted molar refractivity (Wildman–Crippen MR) is 145 cm³/mol. The van der Waals surface area contributed by atoms with Crippen molar-refractivity contribution in [2.45, 2.75) is 84.0 Å². The van der Waals surface area contributed by atoms with Gasteiger partial charge < -0.3 is 31.4 Å². The SMILES string of the molecule is CC(C)CC(N)C(=O)N1CCCC1C(=O)NC(CC(C)C)C(=O)NC(Cc1c[nH]c2ccccc12)C(=O)O. The molecule has 0 aliphatic carbocycles. The van der Waals surface area contributed by atoms with E-state index in [0.717, 1.165) is 16.5 Å². The number of benzene rings is 1. The molecule has 0 bridgehead atoms. The van der Waals surface area contributed by atoms with Gasteiger partial charge in [0.1, 0.15) is 18.1 Å². The molecule has 1 aliphatic rings. The van der Waals surface area contributed by atoms with Crippen molar-refractivity contribution in [3.05, 3.63) is 36.0 Å². The summed E-state index contributed by atoms with van der Waals surface area (Å²) >= 11 is 0. The van der Waals surface area contributed by atoms with E-state index in [2.05, 4.69) is 15.6 Å². The van der Waals surface area contributed by atoms with E-state index in [1.165, 1.54) is 4.90 Å². The second-order valence-corrected chi connectivity index (χ2v) is 11.1. The zero-order chi connectivity index (χ0) is 28.0. The average Bonchev–Trinajstić information content (AvgIpc) is 3.49. The Bertz CT molecular complexity index is 1140. The molecule has 10 nitrogen and oxygen atoms in total. The number of nitrogens with two attached hydrogens (primary N) is 1. The summed E-state index contributed by atoms with van der Waals surface area (Å²) in [6.07, 6.45) is 3.84. The first-order valence-corrected chi connectivity index (χ1v) is 13.4. The van der Waals surface area contributed by atoms with Gasteiger partial charge in [0, 0.05) is 30.1 Å². The monoisotopic (exact) mass is 527 g/mol. The quantitative estimate of drug-likeness (QED) is 0.285. The van der Waals surface area contributed by atoms with E-state index in [1.807, 2.05) is 52.0 Å². The van der Waals surface area contributed by atoms with Crippen molar-refractivity contribution < 1.29 is 24.3 Å². The first-order valence-electron chi connectivity index (χ1n) is 13.4. The number of carboxylic acid groups (broad SMARTS) is 1. The molecule has 1 aromatic heterocycles. The number of likely N-dealkylation sites (tertiary alicyclic amines) is 1. The fourth-order valence-corrected chi connectivity index (χ4v) is 5.09.